The van der Waals surface area contributed by atoms with Crippen molar-refractivity contribution in [3.05, 3.63) is 157 Å². The second kappa shape index (κ2) is 11.2. The van der Waals surface area contributed by atoms with Gasteiger partial charge in [0.2, 0.25) is 0 Å². The molecule has 3 aliphatic rings. The summed E-state index contributed by atoms with van der Waals surface area (Å²) in [5, 5.41) is 11.9. The maximum Gasteiger partial charge on any atom is 0.352 e. The number of rotatable bonds is 5. The summed E-state index contributed by atoms with van der Waals surface area (Å²) >= 11 is 6.33. The fourth-order valence-electron chi connectivity index (χ4n) is 7.95. The van der Waals surface area contributed by atoms with Crippen LogP contribution in [0.15, 0.2) is 118 Å². The van der Waals surface area contributed by atoms with Crippen molar-refractivity contribution in [2.75, 3.05) is 5.43 Å². The average molecular weight is 678 g/mol. The number of halogens is 2. The normalized spacial score (nSPS) is 22.7. The summed E-state index contributed by atoms with van der Waals surface area (Å²) in [4.78, 5) is 57.7. The third kappa shape index (κ3) is 4.45. The lowest BCUT2D eigenvalue weighted by molar-refractivity contribution is -0.138. The van der Waals surface area contributed by atoms with Crippen molar-refractivity contribution in [1.29, 1.82) is 0 Å². The molecule has 49 heavy (non-hydrogen) atoms. The van der Waals surface area contributed by atoms with E-state index in [0.29, 0.717) is 38.7 Å². The van der Waals surface area contributed by atoms with Crippen molar-refractivity contribution in [2.45, 2.75) is 37.3 Å². The Labute approximate surface area is 283 Å². The van der Waals surface area contributed by atoms with Crippen LogP contribution in [-0.4, -0.2) is 35.9 Å². The molecule has 1 aliphatic carbocycles. The first-order chi connectivity index (χ1) is 23.6. The number of hydrogen-bond acceptors (Lipinski definition) is 6. The smallest absolute Gasteiger partial charge is 0.352 e. The van der Waals surface area contributed by atoms with E-state index in [-0.39, 0.29) is 18.7 Å². The Morgan fingerprint density at radius 1 is 0.898 bits per heavy atom. The Morgan fingerprint density at radius 3 is 2.31 bits per heavy atom. The van der Waals surface area contributed by atoms with E-state index in [2.05, 4.69) is 5.43 Å². The predicted octanol–water partition coefficient (Wildman–Crippen LogP) is 5.23. The van der Waals surface area contributed by atoms with E-state index in [1.165, 1.54) is 33.6 Å². The first-order valence-electron chi connectivity index (χ1n) is 15.8. The van der Waals surface area contributed by atoms with Gasteiger partial charge in [-0.15, -0.1) is 0 Å². The Morgan fingerprint density at radius 2 is 1.61 bits per heavy atom. The molecule has 0 radical (unpaired) electrons. The summed E-state index contributed by atoms with van der Waals surface area (Å²) in [5.74, 6) is -3.34. The molecule has 246 valence electrons. The van der Waals surface area contributed by atoms with Gasteiger partial charge in [0.25, 0.3) is 11.8 Å². The molecule has 2 N–H and O–H groups in total. The third-order valence-electron chi connectivity index (χ3n) is 10.1. The summed E-state index contributed by atoms with van der Waals surface area (Å²) < 4.78 is 17.7. The number of aryl methyl sites for hydroxylation is 1. The number of nitrogens with zero attached hydrogens (tertiary/aromatic N) is 4. The van der Waals surface area contributed by atoms with Crippen LogP contribution in [0.4, 0.5) is 10.1 Å². The van der Waals surface area contributed by atoms with Gasteiger partial charge in [-0.3, -0.25) is 15.0 Å². The number of hydrazine groups is 1. The monoisotopic (exact) mass is 677 g/mol. The van der Waals surface area contributed by atoms with Gasteiger partial charge >= 0.3 is 11.4 Å². The lowest BCUT2D eigenvalue weighted by Gasteiger charge is -2.49. The fraction of sp³-hybridized carbons (Fsp3) is 0.189. The Hall–Kier alpha value is -5.68. The number of amides is 2. The Bertz CT molecular complexity index is 2310. The molecule has 2 fully saturated rings. The third-order valence-corrected chi connectivity index (χ3v) is 10.3. The number of hydrogen-bond donors (Lipinski definition) is 2. The number of fused-ring (bicyclic) bond motifs is 4. The Kier molecular flexibility index (Phi) is 7.00. The molecule has 10 nitrogen and oxygen atoms in total. The van der Waals surface area contributed by atoms with Crippen molar-refractivity contribution >= 4 is 29.1 Å². The van der Waals surface area contributed by atoms with Gasteiger partial charge in [-0.25, -0.2) is 27.9 Å². The number of aromatic nitrogens is 3. The van der Waals surface area contributed by atoms with Crippen LogP contribution >= 0.6 is 11.6 Å². The zero-order chi connectivity index (χ0) is 34.2. The van der Waals surface area contributed by atoms with Gasteiger partial charge in [0.05, 0.1) is 35.3 Å². The highest BCUT2D eigenvalue weighted by molar-refractivity contribution is 6.30. The molecule has 3 heterocycles. The Balaban J connectivity index is 1.38. The van der Waals surface area contributed by atoms with Crippen LogP contribution in [0.3, 0.4) is 0 Å². The molecule has 1 saturated carbocycles. The predicted molar refractivity (Wildman–Crippen MR) is 180 cm³/mol. The summed E-state index contributed by atoms with van der Waals surface area (Å²) in [6.45, 7) is 1.79. The second-order valence-electron chi connectivity index (χ2n) is 12.6. The minimum absolute atomic E-state index is 0.0202. The molecule has 4 atom stereocenters. The number of allylic oxidation sites excluding steroid dienone is 2. The zero-order valence-electron chi connectivity index (χ0n) is 26.1. The molecule has 2 amide bonds. The molecule has 5 aromatic rings. The zero-order valence-corrected chi connectivity index (χ0v) is 26.8. The van der Waals surface area contributed by atoms with E-state index in [1.54, 1.807) is 79.7 Å². The van der Waals surface area contributed by atoms with Crippen molar-refractivity contribution in [1.82, 2.24) is 18.9 Å². The minimum Gasteiger partial charge on any atom is -0.508 e. The van der Waals surface area contributed by atoms with Crippen LogP contribution in [0.25, 0.3) is 5.69 Å². The maximum absolute atomic E-state index is 15.1. The molecule has 4 aromatic carbocycles. The van der Waals surface area contributed by atoms with Crippen LogP contribution in [0.2, 0.25) is 5.02 Å². The number of nitrogens with one attached hydrogen (secondary N) is 1. The largest absolute Gasteiger partial charge is 0.508 e. The summed E-state index contributed by atoms with van der Waals surface area (Å²) in [6, 6.07) is 25.0. The number of phenols is 1. The second-order valence-corrected chi connectivity index (χ2v) is 13.1. The number of anilines is 1. The number of imide groups is 1. The van der Waals surface area contributed by atoms with Crippen molar-refractivity contribution in [2.24, 2.45) is 5.92 Å². The van der Waals surface area contributed by atoms with Crippen molar-refractivity contribution in [3.8, 4) is 11.4 Å². The molecule has 1 saturated heterocycles. The minimum atomic E-state index is -1.53. The van der Waals surface area contributed by atoms with E-state index in [9.17, 15) is 23.9 Å². The van der Waals surface area contributed by atoms with Gasteiger partial charge in [0.15, 0.2) is 0 Å². The standard InChI is InChI=1S/C37H29ClFN5O5/c1-21-19-22(7-16-31(21)45)32-28-17-18-41-35(48)42(27-5-3-2-4-6-27)36(49)44(41)30(28)20-29-33(46)43(40-26-14-12-25(39)13-15-26)34(47)37(29,32)23-8-10-24(38)11-9-23/h2-17,19,29-30,32,40,45H,18,20H2,1H3. The molecule has 0 bridgehead atoms. The molecule has 1 aromatic heterocycles. The van der Waals surface area contributed by atoms with E-state index in [4.69, 9.17) is 11.6 Å². The van der Waals surface area contributed by atoms with E-state index in [0.717, 1.165) is 9.58 Å². The van der Waals surface area contributed by atoms with Gasteiger partial charge in [0, 0.05) is 10.9 Å². The molecule has 2 aliphatic heterocycles. The van der Waals surface area contributed by atoms with Crippen LogP contribution < -0.4 is 16.8 Å². The molecule has 12 heteroatoms. The highest BCUT2D eigenvalue weighted by atomic mass is 35.5. The summed E-state index contributed by atoms with van der Waals surface area (Å²) in [5.41, 5.74) is 3.46. The van der Waals surface area contributed by atoms with Gasteiger partial charge < -0.3 is 5.11 Å². The quantitative estimate of drug-likeness (QED) is 0.195. The highest BCUT2D eigenvalue weighted by Crippen LogP contribution is 2.62. The highest BCUT2D eigenvalue weighted by Gasteiger charge is 2.68. The van der Waals surface area contributed by atoms with E-state index < -0.39 is 52.3 Å². The van der Waals surface area contributed by atoms with Gasteiger partial charge in [-0.2, -0.15) is 5.01 Å². The van der Waals surface area contributed by atoms with Crippen LogP contribution in [0.5, 0.6) is 5.75 Å². The number of phenolic OH excluding ortho intramolecular Hbond substituents is 1. The SMILES string of the molecule is Cc1cc(C2C3=CCn4c(=O)n(-c5ccccc5)c(=O)n4C3CC3C(=O)N(Nc4ccc(F)cc4)C(=O)C32c2ccc(Cl)cc2)ccc1O. The lowest BCUT2D eigenvalue weighted by atomic mass is 9.53. The first kappa shape index (κ1) is 30.6. The number of carbonyl (C=O) groups excluding carboxylic acids is 2. The average Bonchev–Trinajstić information content (AvgIpc) is 3.48. The number of para-hydroxylation sites is 1. The van der Waals surface area contributed by atoms with Gasteiger partial charge in [0.1, 0.15) is 11.6 Å². The van der Waals surface area contributed by atoms with Gasteiger partial charge in [-0.05, 0) is 90.2 Å². The number of carbonyl (C=O) groups is 2. The lowest BCUT2D eigenvalue weighted by Crippen LogP contribution is -2.53. The van der Waals surface area contributed by atoms with Gasteiger partial charge in [-0.1, -0.05) is 60.1 Å². The van der Waals surface area contributed by atoms with Crippen LogP contribution in [0, 0.1) is 18.7 Å². The number of aromatic hydroxyl groups is 1. The van der Waals surface area contributed by atoms with Crippen molar-refractivity contribution < 1.29 is 19.1 Å². The van der Waals surface area contributed by atoms with Crippen LogP contribution in [-0.2, 0) is 21.5 Å². The summed E-state index contributed by atoms with van der Waals surface area (Å²) in [6.07, 6.45) is 1.89. The van der Waals surface area contributed by atoms with E-state index >= 15 is 4.79 Å². The molecule has 0 spiro atoms. The molecule has 4 unspecified atom stereocenters. The first-order valence-corrected chi connectivity index (χ1v) is 16.1. The van der Waals surface area contributed by atoms with Crippen LogP contribution in [0.1, 0.15) is 35.1 Å². The molecule has 8 rings (SSSR count). The maximum atomic E-state index is 15.1. The topological polar surface area (TPSA) is 119 Å². The van der Waals surface area contributed by atoms with Crippen molar-refractivity contribution in [3.63, 3.8) is 0 Å². The fourth-order valence-corrected chi connectivity index (χ4v) is 8.07. The summed E-state index contributed by atoms with van der Waals surface area (Å²) in [7, 11) is 0. The van der Waals surface area contributed by atoms with E-state index in [1.807, 2.05) is 6.08 Å². The molecular formula is C37H29ClFN5O5. The molecular weight excluding hydrogens is 649 g/mol. The number of benzene rings is 4.